The Balaban J connectivity index is 2.12. The maximum atomic E-state index is 5.72. The van der Waals surface area contributed by atoms with Gasteiger partial charge in [-0.25, -0.2) is 0 Å². The first-order valence-corrected chi connectivity index (χ1v) is 5.85. The molecule has 2 rings (SSSR count). The van der Waals surface area contributed by atoms with Gasteiger partial charge in [-0.3, -0.25) is 0 Å². The molecule has 0 aliphatic rings. The summed E-state index contributed by atoms with van der Waals surface area (Å²) >= 11 is 1.90. The summed E-state index contributed by atoms with van der Waals surface area (Å²) in [6, 6.07) is 19.9. The minimum atomic E-state index is 0.876. The molecule has 1 nitrogen and oxygen atoms in total. The predicted octanol–water partition coefficient (Wildman–Crippen LogP) is 2.41. The van der Waals surface area contributed by atoms with Gasteiger partial charge >= 0.3 is 102 Å². The molecule has 0 amide bonds. The van der Waals surface area contributed by atoms with Gasteiger partial charge in [-0.2, -0.15) is 0 Å². The molecule has 0 spiro atoms. The summed E-state index contributed by atoms with van der Waals surface area (Å²) in [5, 5.41) is 0. The van der Waals surface area contributed by atoms with Gasteiger partial charge in [-0.1, -0.05) is 0 Å². The Hall–Kier alpha value is -1.10. The third kappa shape index (κ3) is 2.92. The molecule has 0 aromatic heterocycles. The van der Waals surface area contributed by atoms with Crippen molar-refractivity contribution in [3.63, 3.8) is 0 Å². The summed E-state index contributed by atoms with van der Waals surface area (Å²) in [5.74, 6) is 0.876. The van der Waals surface area contributed by atoms with Crippen LogP contribution in [0.5, 0.6) is 5.75 Å². The summed E-state index contributed by atoms with van der Waals surface area (Å²) in [6.45, 7) is 0. The van der Waals surface area contributed by atoms with Crippen molar-refractivity contribution in [2.45, 2.75) is 0 Å². The van der Waals surface area contributed by atoms with Gasteiger partial charge in [-0.15, -0.1) is 0 Å². The van der Waals surface area contributed by atoms with E-state index in [1.165, 1.54) is 0 Å². The van der Waals surface area contributed by atoms with Crippen molar-refractivity contribution in [1.82, 2.24) is 0 Å². The van der Waals surface area contributed by atoms with Crippen molar-refractivity contribution in [3.05, 3.63) is 66.2 Å². The van der Waals surface area contributed by atoms with Crippen LogP contribution in [-0.2, 0) is 0 Å². The van der Waals surface area contributed by atoms with Gasteiger partial charge in [0.05, 0.1) is 0 Å². The minimum absolute atomic E-state index is 0.876. The molecule has 0 fully saturated rings. The Morgan fingerprint density at radius 3 is 1.93 bits per heavy atom. The van der Waals surface area contributed by atoms with E-state index in [4.69, 9.17) is 4.74 Å². The zero-order valence-corrected chi connectivity index (χ0v) is 10.4. The number of para-hydroxylation sites is 1. The molecule has 0 heterocycles. The van der Waals surface area contributed by atoms with Crippen molar-refractivity contribution in [2.75, 3.05) is 0 Å². The molecule has 0 aliphatic carbocycles. The summed E-state index contributed by atoms with van der Waals surface area (Å²) in [4.78, 5) is 0. The standard InChI is InChI=1S/C13H10OTe/c15-13(11-7-3-1-4-8-11)14-12-9-5-2-6-10-12/h1-10H. The van der Waals surface area contributed by atoms with E-state index in [9.17, 15) is 0 Å². The number of hydrogen-bond acceptors (Lipinski definition) is 1. The third-order valence-electron chi connectivity index (χ3n) is 1.96. The van der Waals surface area contributed by atoms with Gasteiger partial charge in [0.1, 0.15) is 0 Å². The molecular weight excluding hydrogens is 300 g/mol. The van der Waals surface area contributed by atoms with Crippen LogP contribution in [-0.4, -0.2) is 25.6 Å². The van der Waals surface area contributed by atoms with Crippen molar-refractivity contribution < 1.29 is 4.74 Å². The van der Waals surface area contributed by atoms with E-state index in [0.29, 0.717) is 0 Å². The monoisotopic (exact) mass is 312 g/mol. The fourth-order valence-electron chi connectivity index (χ4n) is 1.23. The molecule has 0 saturated carbocycles. The molecule has 0 N–H and O–H groups in total. The van der Waals surface area contributed by atoms with Crippen molar-refractivity contribution >= 4 is 25.6 Å². The van der Waals surface area contributed by atoms with Gasteiger partial charge in [0, 0.05) is 0 Å². The molecule has 0 atom stereocenters. The summed E-state index contributed by atoms with van der Waals surface area (Å²) in [7, 11) is 0. The molecule has 0 aliphatic heterocycles. The number of rotatable bonds is 3. The van der Waals surface area contributed by atoms with Crippen LogP contribution in [0.2, 0.25) is 0 Å². The van der Waals surface area contributed by atoms with Gasteiger partial charge in [0.25, 0.3) is 0 Å². The first kappa shape index (κ1) is 10.4. The van der Waals surface area contributed by atoms with Crippen LogP contribution in [0.25, 0.3) is 0 Å². The molecule has 74 valence electrons. The molecule has 0 saturated heterocycles. The molecule has 2 heteroatoms. The van der Waals surface area contributed by atoms with E-state index in [-0.39, 0.29) is 0 Å². The summed E-state index contributed by atoms with van der Waals surface area (Å²) in [6.07, 6.45) is 0. The van der Waals surface area contributed by atoms with E-state index >= 15 is 0 Å². The number of benzene rings is 2. The number of ether oxygens (including phenoxy) is 1. The SMILES string of the molecule is [Te]=C(Oc1ccccc1)c1ccccc1. The predicted molar refractivity (Wildman–Crippen MR) is 63.4 cm³/mol. The molecular formula is C13H10OTe. The van der Waals surface area contributed by atoms with E-state index in [1.54, 1.807) is 0 Å². The van der Waals surface area contributed by atoms with Gasteiger partial charge in [0.15, 0.2) is 0 Å². The second-order valence-electron chi connectivity index (χ2n) is 3.07. The average Bonchev–Trinajstić information content (AvgIpc) is 2.31. The molecule has 2 aromatic carbocycles. The molecule has 0 radical (unpaired) electrons. The van der Waals surface area contributed by atoms with Crippen molar-refractivity contribution in [3.8, 4) is 5.75 Å². The van der Waals surface area contributed by atoms with Gasteiger partial charge in [0.2, 0.25) is 0 Å². The molecule has 0 bridgehead atoms. The fourth-order valence-corrected chi connectivity index (χ4v) is 1.89. The number of hydrogen-bond donors (Lipinski definition) is 0. The van der Waals surface area contributed by atoms with E-state index in [2.05, 4.69) is 0 Å². The Bertz CT molecular complexity index is 437. The second-order valence-corrected chi connectivity index (χ2v) is 4.13. The Kier molecular flexibility index (Phi) is 3.55. The van der Waals surface area contributed by atoms with Crippen LogP contribution in [0.4, 0.5) is 0 Å². The zero-order chi connectivity index (χ0) is 10.5. The quantitative estimate of drug-likeness (QED) is 0.791. The Morgan fingerprint density at radius 2 is 1.33 bits per heavy atom. The topological polar surface area (TPSA) is 9.23 Å². The van der Waals surface area contributed by atoms with Crippen LogP contribution in [0.15, 0.2) is 60.7 Å². The molecule has 2 aromatic rings. The first-order valence-electron chi connectivity index (χ1n) is 4.68. The first-order chi connectivity index (χ1) is 7.36. The molecule has 15 heavy (non-hydrogen) atoms. The van der Waals surface area contributed by atoms with Crippen LogP contribution >= 0.6 is 0 Å². The van der Waals surface area contributed by atoms with Gasteiger partial charge in [-0.05, 0) is 0 Å². The summed E-state index contributed by atoms with van der Waals surface area (Å²) in [5.41, 5.74) is 1.12. The van der Waals surface area contributed by atoms with Crippen molar-refractivity contribution in [2.24, 2.45) is 0 Å². The Labute approximate surface area is 102 Å². The maximum absolute atomic E-state index is 5.72. The molecule has 0 unspecified atom stereocenters. The van der Waals surface area contributed by atoms with Crippen LogP contribution in [0.3, 0.4) is 0 Å². The third-order valence-corrected chi connectivity index (χ3v) is 2.87. The van der Waals surface area contributed by atoms with Crippen molar-refractivity contribution in [1.29, 1.82) is 0 Å². The van der Waals surface area contributed by atoms with E-state index < -0.39 is 0 Å². The fraction of sp³-hybridized carbons (Fsp3) is 0. The normalized spacial score (nSPS) is 9.60. The van der Waals surface area contributed by atoms with E-state index in [1.807, 2.05) is 82.5 Å². The summed E-state index contributed by atoms with van der Waals surface area (Å²) < 4.78 is 6.65. The van der Waals surface area contributed by atoms with Crippen LogP contribution in [0, 0.1) is 0 Å². The van der Waals surface area contributed by atoms with E-state index in [0.717, 1.165) is 15.0 Å². The van der Waals surface area contributed by atoms with Crippen LogP contribution in [0.1, 0.15) is 5.56 Å². The van der Waals surface area contributed by atoms with Gasteiger partial charge < -0.3 is 0 Å². The average molecular weight is 310 g/mol. The van der Waals surface area contributed by atoms with Crippen LogP contribution < -0.4 is 4.74 Å². The zero-order valence-electron chi connectivity index (χ0n) is 8.09. The second kappa shape index (κ2) is 5.11. The Morgan fingerprint density at radius 1 is 0.800 bits per heavy atom.